The highest BCUT2D eigenvalue weighted by molar-refractivity contribution is 5.91. The van der Waals surface area contributed by atoms with Crippen molar-refractivity contribution >= 4 is 44.9 Å². The molecule has 9 aromatic rings. The third-order valence-corrected chi connectivity index (χ3v) is 16.2. The van der Waals surface area contributed by atoms with Gasteiger partial charge in [0.05, 0.1) is 11.4 Å². The minimum atomic E-state index is -0.161. The van der Waals surface area contributed by atoms with Crippen LogP contribution in [0.1, 0.15) is 72.9 Å². The zero-order chi connectivity index (χ0) is 44.0. The molecule has 3 unspecified atom stereocenters. The molecule has 0 saturated heterocycles. The molecule has 1 spiro atoms. The molecular formula is C64H54N2. The van der Waals surface area contributed by atoms with E-state index in [0.29, 0.717) is 11.8 Å². The maximum atomic E-state index is 2.62. The first kappa shape index (κ1) is 39.2. The molecule has 0 radical (unpaired) electrons. The highest BCUT2D eigenvalue weighted by Gasteiger charge is 2.59. The quantitative estimate of drug-likeness (QED) is 0.158. The van der Waals surface area contributed by atoms with E-state index in [1.165, 1.54) is 115 Å². The van der Waals surface area contributed by atoms with Crippen molar-refractivity contribution in [3.8, 4) is 22.3 Å². The first-order valence-corrected chi connectivity index (χ1v) is 24.3. The van der Waals surface area contributed by atoms with Gasteiger partial charge in [0.1, 0.15) is 0 Å². The number of fused-ring (bicyclic) bond motifs is 6. The molecule has 9 aromatic carbocycles. The van der Waals surface area contributed by atoms with Crippen LogP contribution in [0.2, 0.25) is 0 Å². The number of rotatable bonds is 7. The highest BCUT2D eigenvalue weighted by Crippen LogP contribution is 2.67. The highest BCUT2D eigenvalue weighted by atomic mass is 15.2. The molecular weight excluding hydrogens is 797 g/mol. The Bertz CT molecular complexity index is 3300. The number of nitrogens with zero attached hydrogens (tertiary/aromatic N) is 2. The summed E-state index contributed by atoms with van der Waals surface area (Å²) in [6.07, 6.45) is 7.25. The van der Waals surface area contributed by atoms with E-state index in [1.54, 1.807) is 11.1 Å². The monoisotopic (exact) mass is 850 g/mol. The fraction of sp³-hybridized carbons (Fsp3) is 0.188. The van der Waals surface area contributed by atoms with Crippen LogP contribution in [0.15, 0.2) is 206 Å². The van der Waals surface area contributed by atoms with E-state index in [1.807, 2.05) is 0 Å². The Kier molecular flexibility index (Phi) is 9.04. The van der Waals surface area contributed by atoms with Gasteiger partial charge in [0.15, 0.2) is 0 Å². The summed E-state index contributed by atoms with van der Waals surface area (Å²) in [5, 5.41) is 2.54. The number of hydrogen-bond acceptors (Lipinski definition) is 2. The first-order valence-electron chi connectivity index (χ1n) is 24.3. The van der Waals surface area contributed by atoms with Gasteiger partial charge in [-0.1, -0.05) is 166 Å². The van der Waals surface area contributed by atoms with Crippen LogP contribution in [0.3, 0.4) is 0 Å². The van der Waals surface area contributed by atoms with Crippen molar-refractivity contribution in [3.63, 3.8) is 0 Å². The van der Waals surface area contributed by atoms with Gasteiger partial charge in [0, 0.05) is 33.6 Å². The summed E-state index contributed by atoms with van der Waals surface area (Å²) in [5.74, 6) is 1.00. The van der Waals surface area contributed by atoms with Crippen molar-refractivity contribution in [1.82, 2.24) is 0 Å². The van der Waals surface area contributed by atoms with Gasteiger partial charge in [-0.15, -0.1) is 0 Å². The molecule has 0 aliphatic heterocycles. The SMILES string of the molecule is CC1(C)c2ccccc2-c2ccc(N(c3ccccc3)c3cccc4c3C35c6c(cccc6N(c6ccccc6)c6ccc(-c7ccc8ccccc8c7)cc6)CC3CCCCC5C4)cc21. The molecule has 4 aliphatic carbocycles. The predicted molar refractivity (Wildman–Crippen MR) is 276 cm³/mol. The average molecular weight is 851 g/mol. The summed E-state index contributed by atoms with van der Waals surface area (Å²) < 4.78 is 0. The lowest BCUT2D eigenvalue weighted by molar-refractivity contribution is 0.258. The second-order valence-electron chi connectivity index (χ2n) is 19.9. The van der Waals surface area contributed by atoms with Crippen molar-refractivity contribution in [1.29, 1.82) is 0 Å². The second kappa shape index (κ2) is 15.2. The maximum absolute atomic E-state index is 2.62. The van der Waals surface area contributed by atoms with Gasteiger partial charge in [0.25, 0.3) is 0 Å². The van der Waals surface area contributed by atoms with E-state index in [9.17, 15) is 0 Å². The average Bonchev–Trinajstić information content (AvgIpc) is 3.91. The molecule has 13 rings (SSSR count). The van der Waals surface area contributed by atoms with Crippen LogP contribution in [-0.4, -0.2) is 0 Å². The van der Waals surface area contributed by atoms with Crippen LogP contribution in [0, 0.1) is 11.8 Å². The van der Waals surface area contributed by atoms with Gasteiger partial charge in [-0.3, -0.25) is 0 Å². The van der Waals surface area contributed by atoms with Gasteiger partial charge < -0.3 is 9.80 Å². The standard InChI is InChI=1S/C64H54N2/c1-63(2)57-28-14-13-27-55(57)56-38-37-54(42-58(56)63)66(52-25-7-4-8-26-52)60-30-16-20-48-41-50-22-12-11-21-49-40-47-19-15-29-59(61(47)64(49,50)62(48)60)65(51-23-5-3-6-24-51)53-35-33-44(34-36-53)46-32-31-43-17-9-10-18-45(43)39-46/h3-10,13-20,23-39,42,49-50H,11-12,21-22,40-41H2,1-2H3. The summed E-state index contributed by atoms with van der Waals surface area (Å²) >= 11 is 0. The van der Waals surface area contributed by atoms with E-state index in [2.05, 4.69) is 230 Å². The predicted octanol–water partition coefficient (Wildman–Crippen LogP) is 17.0. The maximum Gasteiger partial charge on any atom is 0.0505 e. The van der Waals surface area contributed by atoms with E-state index in [0.717, 1.165) is 12.8 Å². The van der Waals surface area contributed by atoms with Crippen LogP contribution in [0.4, 0.5) is 34.1 Å². The van der Waals surface area contributed by atoms with Gasteiger partial charge >= 0.3 is 0 Å². The molecule has 2 heteroatoms. The van der Waals surface area contributed by atoms with Crippen LogP contribution in [0.25, 0.3) is 33.0 Å². The van der Waals surface area contributed by atoms with E-state index in [4.69, 9.17) is 0 Å². The normalized spacial score (nSPS) is 19.5. The minimum Gasteiger partial charge on any atom is -0.310 e. The van der Waals surface area contributed by atoms with Gasteiger partial charge in [-0.2, -0.15) is 0 Å². The number of hydrogen-bond donors (Lipinski definition) is 0. The zero-order valence-corrected chi connectivity index (χ0v) is 37.9. The number of para-hydroxylation sites is 2. The van der Waals surface area contributed by atoms with Crippen LogP contribution < -0.4 is 9.80 Å². The van der Waals surface area contributed by atoms with Crippen molar-refractivity contribution < 1.29 is 0 Å². The molecule has 0 aromatic heterocycles. The molecule has 2 nitrogen and oxygen atoms in total. The lowest BCUT2D eigenvalue weighted by Crippen LogP contribution is -2.39. The minimum absolute atomic E-state index is 0.104. The molecule has 0 amide bonds. The lowest BCUT2D eigenvalue weighted by Gasteiger charge is -2.43. The summed E-state index contributed by atoms with van der Waals surface area (Å²) in [4.78, 5) is 5.20. The summed E-state index contributed by atoms with van der Waals surface area (Å²) in [5.41, 5.74) is 21.3. The molecule has 0 heterocycles. The summed E-state index contributed by atoms with van der Waals surface area (Å²) in [7, 11) is 0. The Balaban J connectivity index is 1.01. The zero-order valence-electron chi connectivity index (χ0n) is 37.9. The molecule has 0 bridgehead atoms. The van der Waals surface area contributed by atoms with Gasteiger partial charge in [-0.25, -0.2) is 0 Å². The number of anilines is 6. The Labute approximate surface area is 389 Å². The molecule has 1 saturated carbocycles. The smallest absolute Gasteiger partial charge is 0.0505 e. The van der Waals surface area contributed by atoms with Crippen LogP contribution in [-0.2, 0) is 23.7 Å². The van der Waals surface area contributed by atoms with Crippen LogP contribution >= 0.6 is 0 Å². The van der Waals surface area contributed by atoms with Gasteiger partial charge in [0.2, 0.25) is 0 Å². The lowest BCUT2D eigenvalue weighted by atomic mass is 9.63. The topological polar surface area (TPSA) is 6.48 Å². The Morgan fingerprint density at radius 1 is 0.394 bits per heavy atom. The van der Waals surface area contributed by atoms with Crippen molar-refractivity contribution in [2.75, 3.05) is 9.80 Å². The molecule has 4 aliphatic rings. The Morgan fingerprint density at radius 2 is 0.909 bits per heavy atom. The van der Waals surface area contributed by atoms with E-state index < -0.39 is 0 Å². The van der Waals surface area contributed by atoms with E-state index >= 15 is 0 Å². The molecule has 1 fully saturated rings. The largest absolute Gasteiger partial charge is 0.310 e. The summed E-state index contributed by atoms with van der Waals surface area (Å²) in [6, 6.07) is 78.0. The Morgan fingerprint density at radius 3 is 1.56 bits per heavy atom. The molecule has 3 atom stereocenters. The molecule has 0 N–H and O–H groups in total. The first-order chi connectivity index (χ1) is 32.5. The van der Waals surface area contributed by atoms with Gasteiger partial charge in [-0.05, 0) is 171 Å². The molecule has 66 heavy (non-hydrogen) atoms. The van der Waals surface area contributed by atoms with Crippen molar-refractivity contribution in [3.05, 3.63) is 240 Å². The third kappa shape index (κ3) is 5.86. The second-order valence-corrected chi connectivity index (χ2v) is 19.9. The van der Waals surface area contributed by atoms with Crippen LogP contribution in [0.5, 0.6) is 0 Å². The summed E-state index contributed by atoms with van der Waals surface area (Å²) in [6.45, 7) is 4.81. The fourth-order valence-corrected chi connectivity index (χ4v) is 13.4. The third-order valence-electron chi connectivity index (χ3n) is 16.2. The fourth-order valence-electron chi connectivity index (χ4n) is 13.4. The molecule has 320 valence electrons. The van der Waals surface area contributed by atoms with Crippen molar-refractivity contribution in [2.24, 2.45) is 11.8 Å². The number of benzene rings is 9. The van der Waals surface area contributed by atoms with Crippen molar-refractivity contribution in [2.45, 2.75) is 63.2 Å². The Hall–Kier alpha value is -7.16. The van der Waals surface area contributed by atoms with E-state index in [-0.39, 0.29) is 10.8 Å².